The molecule has 0 radical (unpaired) electrons. The van der Waals surface area contributed by atoms with Crippen LogP contribution in [0.1, 0.15) is 20.7 Å². The van der Waals surface area contributed by atoms with E-state index in [0.29, 0.717) is 0 Å². The van der Waals surface area contributed by atoms with Crippen molar-refractivity contribution in [3.8, 4) is 0 Å². The van der Waals surface area contributed by atoms with Gasteiger partial charge in [0.15, 0.2) is 0 Å². The predicted octanol–water partition coefficient (Wildman–Crippen LogP) is 2.77. The molecule has 0 saturated heterocycles. The summed E-state index contributed by atoms with van der Waals surface area (Å²) in [6.45, 7) is -0.847. The van der Waals surface area contributed by atoms with E-state index in [1.165, 1.54) is 36.9 Å². The summed E-state index contributed by atoms with van der Waals surface area (Å²) in [5, 5.41) is 0. The predicted molar refractivity (Wildman–Crippen MR) is 95.9 cm³/mol. The van der Waals surface area contributed by atoms with Crippen LogP contribution in [0, 0.1) is 0 Å². The molecule has 0 aliphatic rings. The Hall–Kier alpha value is -2.91. The Morgan fingerprint density at radius 2 is 1.25 bits per heavy atom. The molecular weight excluding hydrogens is 415 g/mol. The van der Waals surface area contributed by atoms with Gasteiger partial charge < -0.3 is 18.9 Å². The van der Waals surface area contributed by atoms with Crippen molar-refractivity contribution in [3.05, 3.63) is 60.2 Å². The molecule has 0 fully saturated rings. The summed E-state index contributed by atoms with van der Waals surface area (Å²) >= 11 is 11.5. The summed E-state index contributed by atoms with van der Waals surface area (Å²) in [5.41, 5.74) is -2.19. The first-order chi connectivity index (χ1) is 13.5. The molecule has 9 nitrogen and oxygen atoms in total. The number of pyridine rings is 2. The number of nitrogens with zero attached hydrogens (tertiary/aromatic N) is 2. The van der Waals surface area contributed by atoms with Crippen molar-refractivity contribution >= 4 is 41.3 Å². The second-order valence-corrected chi connectivity index (χ2v) is 5.96. The number of aromatic nitrogens is 2. The van der Waals surface area contributed by atoms with E-state index in [1.54, 1.807) is 12.1 Å². The van der Waals surface area contributed by atoms with Crippen molar-refractivity contribution in [2.45, 2.75) is 11.1 Å². The summed E-state index contributed by atoms with van der Waals surface area (Å²) in [5.74, 6) is -1.37. The van der Waals surface area contributed by atoms with Gasteiger partial charge in [0.2, 0.25) is 11.1 Å². The van der Waals surface area contributed by atoms with Gasteiger partial charge in [-0.15, -0.1) is 0 Å². The van der Waals surface area contributed by atoms with Crippen molar-refractivity contribution < 1.29 is 33.3 Å². The van der Waals surface area contributed by atoms with Gasteiger partial charge in [0.1, 0.15) is 13.2 Å². The topological polar surface area (TPSA) is 114 Å². The van der Waals surface area contributed by atoms with Gasteiger partial charge in [-0.3, -0.25) is 9.97 Å². The third-order valence-electron chi connectivity index (χ3n) is 2.93. The molecule has 0 amide bonds. The Kier molecular flexibility index (Phi) is 8.44. The zero-order valence-electron chi connectivity index (χ0n) is 14.2. The standard InChI is InChI=1S/C17H14Cl2N2O7/c18-13(9-25-15(22)11-3-1-5-20-7-11)27-17(24)28-14(19)10-26-16(23)12-4-2-6-21-8-12/h1-8,13-14H,9-10H2. The van der Waals surface area contributed by atoms with E-state index >= 15 is 0 Å². The van der Waals surface area contributed by atoms with Gasteiger partial charge in [0, 0.05) is 24.8 Å². The minimum absolute atomic E-state index is 0.213. The SMILES string of the molecule is O=C(OC(Cl)COC(=O)c1cccnc1)OC(Cl)COC(=O)c1cccnc1. The molecule has 2 aromatic heterocycles. The van der Waals surface area contributed by atoms with E-state index in [0.717, 1.165) is 0 Å². The maximum absolute atomic E-state index is 11.7. The lowest BCUT2D eigenvalue weighted by molar-refractivity contribution is -0.00481. The molecule has 0 spiro atoms. The highest BCUT2D eigenvalue weighted by Gasteiger charge is 2.20. The number of hydrogen-bond acceptors (Lipinski definition) is 9. The molecule has 2 rings (SSSR count). The first-order valence-electron chi connectivity index (χ1n) is 7.75. The minimum Gasteiger partial charge on any atom is -0.457 e. The molecule has 148 valence electrons. The average Bonchev–Trinajstić information content (AvgIpc) is 2.71. The number of rotatable bonds is 8. The Morgan fingerprint density at radius 3 is 1.61 bits per heavy atom. The van der Waals surface area contributed by atoms with Gasteiger partial charge in [-0.05, 0) is 24.3 Å². The fraction of sp³-hybridized carbons (Fsp3) is 0.235. The minimum atomic E-state index is -1.31. The third kappa shape index (κ3) is 7.37. The molecule has 2 unspecified atom stereocenters. The van der Waals surface area contributed by atoms with Crippen LogP contribution in [0.4, 0.5) is 4.79 Å². The van der Waals surface area contributed by atoms with Crippen molar-refractivity contribution in [2.24, 2.45) is 0 Å². The van der Waals surface area contributed by atoms with Crippen LogP contribution in [-0.4, -0.2) is 52.4 Å². The van der Waals surface area contributed by atoms with Crippen LogP contribution < -0.4 is 0 Å². The smallest absolute Gasteiger partial charge is 0.457 e. The van der Waals surface area contributed by atoms with Gasteiger partial charge in [-0.25, -0.2) is 14.4 Å². The molecule has 2 atom stereocenters. The van der Waals surface area contributed by atoms with Crippen LogP contribution in [0.3, 0.4) is 0 Å². The molecule has 0 N–H and O–H groups in total. The van der Waals surface area contributed by atoms with Crippen molar-refractivity contribution in [1.29, 1.82) is 0 Å². The fourth-order valence-corrected chi connectivity index (χ4v) is 1.99. The molecular formula is C17H14Cl2N2O7. The third-order valence-corrected chi connectivity index (χ3v) is 3.36. The van der Waals surface area contributed by atoms with Crippen LogP contribution in [0.5, 0.6) is 0 Å². The Balaban J connectivity index is 1.66. The number of esters is 2. The van der Waals surface area contributed by atoms with Crippen molar-refractivity contribution in [3.63, 3.8) is 0 Å². The Morgan fingerprint density at radius 1 is 0.821 bits per heavy atom. The molecule has 28 heavy (non-hydrogen) atoms. The summed E-state index contributed by atoms with van der Waals surface area (Å²) in [6, 6.07) is 6.12. The van der Waals surface area contributed by atoms with Crippen LogP contribution in [0.25, 0.3) is 0 Å². The monoisotopic (exact) mass is 428 g/mol. The van der Waals surface area contributed by atoms with Gasteiger partial charge in [0.05, 0.1) is 11.1 Å². The number of carbonyl (C=O) groups is 3. The summed E-state index contributed by atoms with van der Waals surface area (Å²) in [6.07, 6.45) is 4.39. The molecule has 0 bridgehead atoms. The maximum atomic E-state index is 11.7. The molecule has 11 heteroatoms. The van der Waals surface area contributed by atoms with Crippen LogP contribution in [0.2, 0.25) is 0 Å². The summed E-state index contributed by atoms with van der Waals surface area (Å²) in [4.78, 5) is 42.5. The lowest BCUT2D eigenvalue weighted by Gasteiger charge is -2.14. The summed E-state index contributed by atoms with van der Waals surface area (Å²) < 4.78 is 19.1. The molecule has 2 heterocycles. The molecule has 0 saturated carbocycles. The van der Waals surface area contributed by atoms with Gasteiger partial charge in [-0.2, -0.15) is 0 Å². The highest BCUT2D eigenvalue weighted by atomic mass is 35.5. The molecule has 0 aromatic carbocycles. The highest BCUT2D eigenvalue weighted by molar-refractivity contribution is 6.21. The van der Waals surface area contributed by atoms with Crippen molar-refractivity contribution in [2.75, 3.05) is 13.2 Å². The number of carbonyl (C=O) groups excluding carboxylic acids is 3. The van der Waals surface area contributed by atoms with Gasteiger partial charge in [0.25, 0.3) is 0 Å². The van der Waals surface area contributed by atoms with Gasteiger partial charge in [-0.1, -0.05) is 23.2 Å². The van der Waals surface area contributed by atoms with E-state index in [9.17, 15) is 14.4 Å². The van der Waals surface area contributed by atoms with E-state index in [4.69, 9.17) is 32.7 Å². The quantitative estimate of drug-likeness (QED) is 0.355. The zero-order chi connectivity index (χ0) is 20.4. The lowest BCUT2D eigenvalue weighted by Crippen LogP contribution is -2.25. The number of alkyl halides is 2. The van der Waals surface area contributed by atoms with Gasteiger partial charge >= 0.3 is 18.1 Å². The van der Waals surface area contributed by atoms with Crippen LogP contribution in [-0.2, 0) is 18.9 Å². The van der Waals surface area contributed by atoms with E-state index < -0.39 is 42.4 Å². The normalized spacial score (nSPS) is 12.4. The molecule has 0 aliphatic heterocycles. The first-order valence-corrected chi connectivity index (χ1v) is 8.62. The van der Waals surface area contributed by atoms with Crippen LogP contribution >= 0.6 is 23.2 Å². The second-order valence-electron chi connectivity index (χ2n) is 4.99. The zero-order valence-corrected chi connectivity index (χ0v) is 15.7. The van der Waals surface area contributed by atoms with E-state index in [2.05, 4.69) is 19.4 Å². The first kappa shape index (κ1) is 21.4. The van der Waals surface area contributed by atoms with E-state index in [1.807, 2.05) is 0 Å². The lowest BCUT2D eigenvalue weighted by atomic mass is 10.3. The molecule has 2 aromatic rings. The van der Waals surface area contributed by atoms with E-state index in [-0.39, 0.29) is 11.1 Å². The highest BCUT2D eigenvalue weighted by Crippen LogP contribution is 2.09. The fourth-order valence-electron chi connectivity index (χ4n) is 1.72. The average molecular weight is 429 g/mol. The number of halogens is 2. The Bertz CT molecular complexity index is 727. The Labute approximate surface area is 169 Å². The van der Waals surface area contributed by atoms with Crippen molar-refractivity contribution in [1.82, 2.24) is 9.97 Å². The maximum Gasteiger partial charge on any atom is 0.511 e. The summed E-state index contributed by atoms with van der Waals surface area (Å²) in [7, 11) is 0. The van der Waals surface area contributed by atoms with Crippen LogP contribution in [0.15, 0.2) is 49.1 Å². The molecule has 0 aliphatic carbocycles. The largest absolute Gasteiger partial charge is 0.511 e. The second kappa shape index (κ2) is 11.1. The number of ether oxygens (including phenoxy) is 4. The number of hydrogen-bond donors (Lipinski definition) is 0.